The van der Waals surface area contributed by atoms with Crippen molar-refractivity contribution in [2.45, 2.75) is 33.3 Å². The quantitative estimate of drug-likeness (QED) is 0.561. The zero-order valence-electron chi connectivity index (χ0n) is 17.6. The van der Waals surface area contributed by atoms with E-state index in [1.807, 2.05) is 38.1 Å². The second-order valence-corrected chi connectivity index (χ2v) is 7.47. The Labute approximate surface area is 180 Å². The third-order valence-corrected chi connectivity index (χ3v) is 5.37. The van der Waals surface area contributed by atoms with Crippen LogP contribution in [0, 0.1) is 13.8 Å². The number of anilines is 1. The fourth-order valence-electron chi connectivity index (χ4n) is 3.66. The molecule has 1 aliphatic rings. The number of aromatic nitrogens is 1. The third-order valence-electron chi connectivity index (χ3n) is 5.37. The molecule has 0 unspecified atom stereocenters. The van der Waals surface area contributed by atoms with Crippen molar-refractivity contribution in [1.29, 1.82) is 0 Å². The van der Waals surface area contributed by atoms with E-state index in [-0.39, 0.29) is 19.1 Å². The molecular formula is C24H24N2O5. The first-order valence-corrected chi connectivity index (χ1v) is 10.2. The van der Waals surface area contributed by atoms with Gasteiger partial charge in [-0.2, -0.15) is 0 Å². The van der Waals surface area contributed by atoms with E-state index in [0.717, 1.165) is 35.3 Å². The summed E-state index contributed by atoms with van der Waals surface area (Å²) in [5.41, 5.74) is 4.00. The highest BCUT2D eigenvalue weighted by molar-refractivity contribution is 5.98. The molecule has 7 heteroatoms. The van der Waals surface area contributed by atoms with Crippen LogP contribution in [0.1, 0.15) is 39.4 Å². The number of rotatable bonds is 6. The predicted octanol–water partition coefficient (Wildman–Crippen LogP) is 4.01. The number of nitrogens with zero attached hydrogens (tertiary/aromatic N) is 2. The van der Waals surface area contributed by atoms with Gasteiger partial charge < -0.3 is 18.9 Å². The number of para-hydroxylation sites is 1. The molecule has 0 saturated carbocycles. The maximum Gasteiger partial charge on any atom is 0.338 e. The van der Waals surface area contributed by atoms with Gasteiger partial charge >= 0.3 is 5.97 Å². The van der Waals surface area contributed by atoms with Gasteiger partial charge in [0.1, 0.15) is 18.1 Å². The number of carbonyl (C=O) groups is 2. The molecule has 0 saturated heterocycles. The van der Waals surface area contributed by atoms with Gasteiger partial charge in [-0.25, -0.2) is 4.79 Å². The van der Waals surface area contributed by atoms with Crippen LogP contribution in [0.2, 0.25) is 0 Å². The largest absolute Gasteiger partial charge is 0.489 e. The summed E-state index contributed by atoms with van der Waals surface area (Å²) >= 11 is 0. The summed E-state index contributed by atoms with van der Waals surface area (Å²) in [5, 5.41) is 3.90. The van der Waals surface area contributed by atoms with Crippen LogP contribution in [0.15, 0.2) is 53.1 Å². The Morgan fingerprint density at radius 1 is 1.13 bits per heavy atom. The number of amides is 1. The molecule has 160 valence electrons. The van der Waals surface area contributed by atoms with E-state index in [1.165, 1.54) is 0 Å². The van der Waals surface area contributed by atoms with Crippen LogP contribution in [-0.4, -0.2) is 30.2 Å². The second kappa shape index (κ2) is 9.04. The van der Waals surface area contributed by atoms with Gasteiger partial charge in [-0.1, -0.05) is 29.4 Å². The Kier molecular flexibility index (Phi) is 6.02. The van der Waals surface area contributed by atoms with Crippen molar-refractivity contribution >= 4 is 17.6 Å². The summed E-state index contributed by atoms with van der Waals surface area (Å²) in [6, 6.07) is 14.5. The van der Waals surface area contributed by atoms with E-state index in [4.69, 9.17) is 14.0 Å². The molecule has 0 aliphatic carbocycles. The first kappa shape index (κ1) is 20.7. The SMILES string of the molecule is Cc1noc(C)c1COc1cccc(C(=O)OCC(=O)N2CCCc3ccccc32)c1. The summed E-state index contributed by atoms with van der Waals surface area (Å²) in [6.07, 6.45) is 1.83. The fourth-order valence-corrected chi connectivity index (χ4v) is 3.66. The average Bonchev–Trinajstić information content (AvgIpc) is 3.12. The highest BCUT2D eigenvalue weighted by atomic mass is 16.5. The molecule has 31 heavy (non-hydrogen) atoms. The molecule has 0 N–H and O–H groups in total. The maximum absolute atomic E-state index is 12.7. The Bertz CT molecular complexity index is 1090. The molecule has 3 aromatic rings. The van der Waals surface area contributed by atoms with E-state index < -0.39 is 5.97 Å². The minimum atomic E-state index is -0.568. The molecule has 0 spiro atoms. The number of fused-ring (bicyclic) bond motifs is 1. The molecule has 4 rings (SSSR count). The van der Waals surface area contributed by atoms with Gasteiger partial charge in [0.15, 0.2) is 6.61 Å². The molecule has 1 aromatic heterocycles. The number of esters is 1. The van der Waals surface area contributed by atoms with Crippen LogP contribution in [0.25, 0.3) is 0 Å². The van der Waals surface area contributed by atoms with Crippen molar-refractivity contribution in [2.75, 3.05) is 18.1 Å². The van der Waals surface area contributed by atoms with Gasteiger partial charge in [0.2, 0.25) is 0 Å². The lowest BCUT2D eigenvalue weighted by Gasteiger charge is -2.29. The Hall–Kier alpha value is -3.61. The van der Waals surface area contributed by atoms with E-state index in [2.05, 4.69) is 5.16 Å². The van der Waals surface area contributed by atoms with Crippen molar-refractivity contribution in [3.8, 4) is 5.75 Å². The lowest BCUT2D eigenvalue weighted by molar-refractivity contribution is -0.121. The third kappa shape index (κ3) is 4.60. The normalized spacial score (nSPS) is 12.9. The van der Waals surface area contributed by atoms with Gasteiger partial charge in [0, 0.05) is 12.2 Å². The standard InChI is InChI=1S/C24H24N2O5/c1-16-21(17(2)31-25-16)14-29-20-10-5-8-19(13-20)24(28)30-15-23(27)26-12-6-9-18-7-3-4-11-22(18)26/h3-5,7-8,10-11,13H,6,9,12,14-15H2,1-2H3. The smallest absolute Gasteiger partial charge is 0.338 e. The van der Waals surface area contributed by atoms with E-state index in [0.29, 0.717) is 23.6 Å². The van der Waals surface area contributed by atoms with Gasteiger partial charge in [-0.3, -0.25) is 4.79 Å². The Morgan fingerprint density at radius 2 is 1.97 bits per heavy atom. The first-order chi connectivity index (χ1) is 15.0. The van der Waals surface area contributed by atoms with Crippen molar-refractivity contribution in [3.05, 3.63) is 76.7 Å². The zero-order chi connectivity index (χ0) is 21.8. The Balaban J connectivity index is 1.36. The molecule has 2 aromatic carbocycles. The molecule has 0 atom stereocenters. The molecule has 0 bridgehead atoms. The molecule has 1 aliphatic heterocycles. The van der Waals surface area contributed by atoms with Crippen LogP contribution in [0.3, 0.4) is 0 Å². The highest BCUT2D eigenvalue weighted by Gasteiger charge is 2.23. The number of carbonyl (C=O) groups excluding carboxylic acids is 2. The molecule has 0 radical (unpaired) electrons. The molecule has 7 nitrogen and oxygen atoms in total. The molecular weight excluding hydrogens is 396 g/mol. The summed E-state index contributed by atoms with van der Waals surface area (Å²) in [5.74, 6) is 0.421. The summed E-state index contributed by atoms with van der Waals surface area (Å²) < 4.78 is 16.2. The van der Waals surface area contributed by atoms with Gasteiger partial charge in [-0.05, 0) is 56.5 Å². The fraction of sp³-hybridized carbons (Fsp3) is 0.292. The zero-order valence-corrected chi connectivity index (χ0v) is 17.6. The minimum Gasteiger partial charge on any atom is -0.489 e. The summed E-state index contributed by atoms with van der Waals surface area (Å²) in [7, 11) is 0. The number of aryl methyl sites for hydroxylation is 3. The van der Waals surface area contributed by atoms with E-state index in [1.54, 1.807) is 29.2 Å². The Morgan fingerprint density at radius 3 is 2.77 bits per heavy atom. The van der Waals surface area contributed by atoms with E-state index >= 15 is 0 Å². The van der Waals surface area contributed by atoms with Crippen LogP contribution in [0.5, 0.6) is 5.75 Å². The second-order valence-electron chi connectivity index (χ2n) is 7.47. The van der Waals surface area contributed by atoms with Crippen molar-refractivity contribution in [2.24, 2.45) is 0 Å². The lowest BCUT2D eigenvalue weighted by atomic mass is 10.0. The highest BCUT2D eigenvalue weighted by Crippen LogP contribution is 2.26. The summed E-state index contributed by atoms with van der Waals surface area (Å²) in [4.78, 5) is 26.9. The van der Waals surface area contributed by atoms with Crippen LogP contribution >= 0.6 is 0 Å². The van der Waals surface area contributed by atoms with E-state index in [9.17, 15) is 9.59 Å². The van der Waals surface area contributed by atoms with Crippen molar-refractivity contribution < 1.29 is 23.6 Å². The number of hydrogen-bond donors (Lipinski definition) is 0. The number of benzene rings is 2. The molecule has 0 fully saturated rings. The predicted molar refractivity (Wildman–Crippen MR) is 114 cm³/mol. The lowest BCUT2D eigenvalue weighted by Crippen LogP contribution is -2.38. The van der Waals surface area contributed by atoms with Crippen molar-refractivity contribution in [3.63, 3.8) is 0 Å². The van der Waals surface area contributed by atoms with Crippen LogP contribution in [0.4, 0.5) is 5.69 Å². The van der Waals surface area contributed by atoms with Crippen LogP contribution in [-0.2, 0) is 22.6 Å². The minimum absolute atomic E-state index is 0.230. The monoisotopic (exact) mass is 420 g/mol. The molecule has 1 amide bonds. The number of hydrogen-bond acceptors (Lipinski definition) is 6. The number of ether oxygens (including phenoxy) is 2. The average molecular weight is 420 g/mol. The maximum atomic E-state index is 12.7. The van der Waals surface area contributed by atoms with Gasteiger partial charge in [0.05, 0.1) is 16.8 Å². The van der Waals surface area contributed by atoms with Crippen molar-refractivity contribution in [1.82, 2.24) is 5.16 Å². The summed E-state index contributed by atoms with van der Waals surface area (Å²) in [6.45, 7) is 4.27. The topological polar surface area (TPSA) is 81.9 Å². The van der Waals surface area contributed by atoms with Gasteiger partial charge in [0.25, 0.3) is 5.91 Å². The molecule has 2 heterocycles. The van der Waals surface area contributed by atoms with Crippen LogP contribution < -0.4 is 9.64 Å². The first-order valence-electron chi connectivity index (χ1n) is 10.2. The van der Waals surface area contributed by atoms with Gasteiger partial charge in [-0.15, -0.1) is 0 Å².